The molecule has 10 fully saturated rings. The van der Waals surface area contributed by atoms with Gasteiger partial charge in [-0.25, -0.2) is 0 Å². The van der Waals surface area contributed by atoms with Gasteiger partial charge in [0.15, 0.2) is 25.2 Å². The Morgan fingerprint density at radius 3 is 1.18 bits per heavy atom. The third-order valence-electron chi connectivity index (χ3n) is 27.6. The number of nitrogens with zero attached hydrogens (tertiary/aromatic N) is 2. The smallest absolute Gasteiger partial charge is 0.306 e. The van der Waals surface area contributed by atoms with Crippen LogP contribution in [-0.2, 0) is 114 Å². The summed E-state index contributed by atoms with van der Waals surface area (Å²) < 4.78 is 83.4. The van der Waals surface area contributed by atoms with Gasteiger partial charge in [0.2, 0.25) is 47.3 Å². The van der Waals surface area contributed by atoms with Gasteiger partial charge in [0.05, 0.1) is 167 Å². The van der Waals surface area contributed by atoms with Gasteiger partial charge >= 0.3 is 11.9 Å². The average molecular weight is 1950 g/mol. The zero-order valence-corrected chi connectivity index (χ0v) is 79.1. The Kier molecular flexibility index (Phi) is 46.7. The van der Waals surface area contributed by atoms with E-state index in [0.29, 0.717) is 71.0 Å². The first-order valence-corrected chi connectivity index (χ1v) is 50.3. The summed E-state index contributed by atoms with van der Waals surface area (Å²) in [5, 5.41) is 139. The summed E-state index contributed by atoms with van der Waals surface area (Å²) in [6.07, 6.45) is -12.3. The number of aliphatic hydroxyl groups excluding tert-OH is 10. The van der Waals surface area contributed by atoms with Crippen LogP contribution in [0.15, 0.2) is 0 Å². The fraction of sp³-hybridized carbons (Fsp3) is 0.889. The van der Waals surface area contributed by atoms with E-state index in [-0.39, 0.29) is 160 Å². The molecule has 0 bridgehead atoms. The number of likely N-dealkylation sites (tertiary alicyclic amines) is 2. The lowest BCUT2D eigenvalue weighted by molar-refractivity contribution is -0.333. The summed E-state index contributed by atoms with van der Waals surface area (Å²) in [4.78, 5) is 136. The highest BCUT2D eigenvalue weighted by molar-refractivity contribution is 8.01. The summed E-state index contributed by atoms with van der Waals surface area (Å²) in [5.41, 5.74) is 0. The van der Waals surface area contributed by atoms with E-state index < -0.39 is 241 Å². The second-order valence-corrected chi connectivity index (χ2v) is 39.8. The molecule has 10 rings (SSSR count). The van der Waals surface area contributed by atoms with E-state index in [2.05, 4.69) is 21.3 Å². The van der Waals surface area contributed by atoms with Gasteiger partial charge in [-0.15, -0.1) is 23.5 Å². The highest BCUT2D eigenvalue weighted by atomic mass is 32.2. The van der Waals surface area contributed by atoms with Gasteiger partial charge in [0.25, 0.3) is 0 Å². The molecule has 12 unspecified atom stereocenters. The van der Waals surface area contributed by atoms with E-state index >= 15 is 0 Å². The van der Waals surface area contributed by atoms with Gasteiger partial charge in [-0.1, -0.05) is 90.9 Å². The minimum absolute atomic E-state index is 0.0147. The molecular formula is C90H148N6O36S2. The van der Waals surface area contributed by atoms with Crippen molar-refractivity contribution in [3.8, 4) is 0 Å². The Balaban J connectivity index is 0.545. The van der Waals surface area contributed by atoms with E-state index in [1.807, 2.05) is 13.8 Å². The Bertz CT molecular complexity index is 3420. The van der Waals surface area contributed by atoms with Crippen LogP contribution in [0.1, 0.15) is 188 Å². The molecule has 4 saturated carbocycles. The second-order valence-electron chi connectivity index (χ2n) is 37.4. The molecule has 6 heterocycles. The maximum absolute atomic E-state index is 14.2. The van der Waals surface area contributed by atoms with Gasteiger partial charge < -0.3 is 149 Å². The molecule has 0 aromatic carbocycles. The van der Waals surface area contributed by atoms with Crippen LogP contribution in [0.2, 0.25) is 0 Å². The third-order valence-corrected chi connectivity index (χ3v) is 30.0. The zero-order valence-electron chi connectivity index (χ0n) is 77.5. The van der Waals surface area contributed by atoms with Crippen LogP contribution in [0.5, 0.6) is 0 Å². The molecule has 10 aliphatic rings. The van der Waals surface area contributed by atoms with Crippen LogP contribution in [0.25, 0.3) is 0 Å². The number of nitrogens with one attached hydrogen (secondary N) is 4. The van der Waals surface area contributed by atoms with Gasteiger partial charge in [-0.3, -0.25) is 57.7 Å². The summed E-state index contributed by atoms with van der Waals surface area (Å²) in [7, 11) is 0. The van der Waals surface area contributed by atoms with Gasteiger partial charge in [-0.05, 0) is 95.3 Å². The fourth-order valence-electron chi connectivity index (χ4n) is 19.9. The normalized spacial score (nSPS) is 34.7. The Labute approximate surface area is 790 Å². The van der Waals surface area contributed by atoms with E-state index in [0.717, 1.165) is 97.5 Å². The molecule has 0 aromatic heterocycles. The second kappa shape index (κ2) is 56.5. The molecule has 0 radical (unpaired) electrons. The molecule has 16 N–H and O–H groups in total. The molecule has 134 heavy (non-hydrogen) atoms. The minimum Gasteiger partial charge on any atom is -0.481 e. The standard InChI is InChI=1S/C90H148N6O36S2/c1-49-14-11-20-59(81(49)131-89-79(111)77(109)73(105)51(3)125-89)127-87-71(57(75(107)61(44-97)129-87)40-55(85(115)116)38-53-16-7-5-8-17-53)93-67(101)46-133-63-42-69(103)95(83(63)113)26-22-65(99)91-24-30-119-28-13-29-123-48-124-37-36-122-35-34-121-33-32-120-31-25-92-66(100)23-27-96-70(104)43-64(84(96)114)134-47-68(102)94-72-58(41-56(86(117)118)39-54-18-9-6-10-19-54)76(108)62(45-98)130-88(72)128-60-21-12-15-50(2)82(60)132-90-80(112)78(110)74(106)52(4)126-90/h49-64,71-82,87-90,97-98,105-112H,5-48H2,1-4H3,(H,91,99)(H,92,100)(H,93,101)(H,94,102)(H,115,116)(H,117,118)/t49?,50?,51?,52?,55-,56-,57?,58?,59-,60-,61+,62+,63?,64?,71?,72?,73-,74-,75-,76-,77+,78+,79?,80?,81-,82-,87-,88-,89+,90+/m1/s1. The number of carboxylic acids is 2. The van der Waals surface area contributed by atoms with Crippen molar-refractivity contribution >= 4 is 82.7 Å². The van der Waals surface area contributed by atoms with E-state index in [1.54, 1.807) is 0 Å². The molecule has 8 amide bonds. The highest BCUT2D eigenvalue weighted by Gasteiger charge is 2.55. The van der Waals surface area contributed by atoms with Crippen LogP contribution in [-0.4, -0.2) is 399 Å². The maximum atomic E-state index is 14.2. The van der Waals surface area contributed by atoms with Crippen LogP contribution in [0, 0.1) is 47.3 Å². The Morgan fingerprint density at radius 1 is 0.410 bits per heavy atom. The largest absolute Gasteiger partial charge is 0.481 e. The van der Waals surface area contributed by atoms with Crippen LogP contribution in [0.4, 0.5) is 0 Å². The number of thioether (sulfide) groups is 2. The molecule has 4 aliphatic carbocycles. The first-order chi connectivity index (χ1) is 64.3. The number of aliphatic hydroxyl groups is 10. The number of amides is 8. The van der Waals surface area contributed by atoms with Crippen molar-refractivity contribution in [3.63, 3.8) is 0 Å². The highest BCUT2D eigenvalue weighted by Crippen LogP contribution is 2.44. The molecule has 6 saturated heterocycles. The van der Waals surface area contributed by atoms with Crippen molar-refractivity contribution in [3.05, 3.63) is 0 Å². The average Bonchev–Trinajstić information content (AvgIpc) is 0.901. The number of rotatable bonds is 55. The SMILES string of the molecule is CC1O[C@@H](O[C@@H]2C(C)CCC[C@H]2O[C@@H]2O[C@@H](CO)[C@H](O)C(C[C@@H](CC3CCCCC3)C(=O)O)C2NC(=O)CSC2CC(=O)N(CCC(=O)NCCOCCCOCOCCOCCOCCOCCNC(=O)CCN3C(=O)CC(SCC(=O)NC4C(C[C@@H](CC5CCCCC5)C(=O)O)[C@@H](O)[C@H](CO)O[C@H]4O[C@@H]4CCCC(C)[C@H]4O[C@@H]4OC(C)[C@@H](O)[C@H](O)C4O)C3=O)C2=O)C(O)[C@@H](O)[C@@H]1O. The van der Waals surface area contributed by atoms with E-state index in [1.165, 1.54) is 13.8 Å². The van der Waals surface area contributed by atoms with Crippen molar-refractivity contribution < 1.29 is 176 Å². The molecule has 42 nitrogen and oxygen atoms in total. The maximum Gasteiger partial charge on any atom is 0.306 e. The summed E-state index contributed by atoms with van der Waals surface area (Å²) in [5.74, 6) is -11.4. The zero-order chi connectivity index (χ0) is 96.7. The molecule has 44 heteroatoms. The van der Waals surface area contributed by atoms with Crippen molar-refractivity contribution in [2.45, 2.75) is 334 Å². The summed E-state index contributed by atoms with van der Waals surface area (Å²) >= 11 is 1.80. The van der Waals surface area contributed by atoms with E-state index in [4.69, 9.17) is 66.3 Å². The van der Waals surface area contributed by atoms with Crippen molar-refractivity contribution in [2.75, 3.05) is 124 Å². The number of carboxylic acid groups (broad SMARTS) is 2. The number of carbonyl (C=O) groups excluding carboxylic acids is 8. The number of imide groups is 2. The molecular weight excluding hydrogens is 1810 g/mol. The third kappa shape index (κ3) is 32.7. The number of hydrogen-bond acceptors (Lipinski definition) is 36. The first kappa shape index (κ1) is 111. The quantitative estimate of drug-likeness (QED) is 0.0207. The lowest BCUT2D eigenvalue weighted by atomic mass is 9.75. The number of aliphatic carboxylic acids is 2. The molecule has 6 aliphatic heterocycles. The number of hydrogen-bond donors (Lipinski definition) is 16. The predicted octanol–water partition coefficient (Wildman–Crippen LogP) is -0.516. The Hall–Kier alpha value is -5.16. The number of carbonyl (C=O) groups is 10. The van der Waals surface area contributed by atoms with Crippen LogP contribution >= 0.6 is 23.5 Å². The van der Waals surface area contributed by atoms with Crippen molar-refractivity contribution in [1.29, 1.82) is 0 Å². The van der Waals surface area contributed by atoms with Gasteiger partial charge in [-0.2, -0.15) is 0 Å². The number of ether oxygens (including phenoxy) is 14. The molecule has 0 aromatic rings. The van der Waals surface area contributed by atoms with Crippen molar-refractivity contribution in [1.82, 2.24) is 31.1 Å². The topological polar surface area (TPSA) is 597 Å². The van der Waals surface area contributed by atoms with Gasteiger partial charge in [0.1, 0.15) is 55.6 Å². The summed E-state index contributed by atoms with van der Waals surface area (Å²) in [6.45, 7) is 7.92. The predicted molar refractivity (Wildman–Crippen MR) is 474 cm³/mol. The van der Waals surface area contributed by atoms with Crippen LogP contribution < -0.4 is 21.3 Å². The lowest BCUT2D eigenvalue weighted by Crippen LogP contribution is -2.64. The lowest BCUT2D eigenvalue weighted by Gasteiger charge is -2.48. The molecule has 0 spiro atoms. The Morgan fingerprint density at radius 2 is 0.784 bits per heavy atom. The van der Waals surface area contributed by atoms with E-state index in [9.17, 15) is 109 Å². The monoisotopic (exact) mass is 1950 g/mol. The summed E-state index contributed by atoms with van der Waals surface area (Å²) in [6, 6.07) is -2.43. The minimum atomic E-state index is -1.62. The van der Waals surface area contributed by atoms with Gasteiger partial charge in [0, 0.05) is 70.3 Å². The molecule has 30 atom stereocenters. The van der Waals surface area contributed by atoms with Crippen LogP contribution in [0.3, 0.4) is 0 Å². The fourth-order valence-corrected chi connectivity index (χ4v) is 21.8. The van der Waals surface area contributed by atoms with Crippen molar-refractivity contribution in [2.24, 2.45) is 47.3 Å². The molecule has 766 valence electrons. The first-order valence-electron chi connectivity index (χ1n) is 48.2.